The summed E-state index contributed by atoms with van der Waals surface area (Å²) in [5.41, 5.74) is 0.568. The van der Waals surface area contributed by atoms with Crippen LogP contribution in [-0.4, -0.2) is 23.1 Å². The molecule has 2 heterocycles. The molecule has 8 heteroatoms. The van der Waals surface area contributed by atoms with Gasteiger partial charge < -0.3 is 10.1 Å². The average Bonchev–Trinajstić information content (AvgIpc) is 3.43. The molecule has 0 saturated heterocycles. The number of carbonyl (C=O) groups is 2. The van der Waals surface area contributed by atoms with E-state index in [-0.39, 0.29) is 24.6 Å². The molecule has 2 aromatic heterocycles. The van der Waals surface area contributed by atoms with E-state index >= 15 is 0 Å². The first-order valence-corrected chi connectivity index (χ1v) is 12.1. The van der Waals surface area contributed by atoms with Crippen molar-refractivity contribution in [2.24, 2.45) is 0 Å². The van der Waals surface area contributed by atoms with Gasteiger partial charge in [-0.15, -0.1) is 22.7 Å². The number of rotatable bonds is 7. The van der Waals surface area contributed by atoms with E-state index < -0.39 is 5.97 Å². The lowest BCUT2D eigenvalue weighted by Crippen LogP contribution is -2.38. The van der Waals surface area contributed by atoms with Gasteiger partial charge in [0, 0.05) is 4.88 Å². The first-order chi connectivity index (χ1) is 16.0. The van der Waals surface area contributed by atoms with Crippen molar-refractivity contribution in [2.75, 3.05) is 6.61 Å². The third-order valence-corrected chi connectivity index (χ3v) is 6.85. The van der Waals surface area contributed by atoms with Gasteiger partial charge in [0.15, 0.2) is 0 Å². The number of carbonyl (C=O) groups excluding carboxylic acids is 2. The number of benzene rings is 2. The van der Waals surface area contributed by atoms with Gasteiger partial charge in [0.25, 0.3) is 5.56 Å². The van der Waals surface area contributed by atoms with Crippen molar-refractivity contribution in [3.8, 4) is 0 Å². The van der Waals surface area contributed by atoms with Crippen LogP contribution in [0.15, 0.2) is 64.8 Å². The quantitative estimate of drug-likeness (QED) is 0.414. The highest BCUT2D eigenvalue weighted by Crippen LogP contribution is 2.18. The highest BCUT2D eigenvalue weighted by Gasteiger charge is 2.12. The van der Waals surface area contributed by atoms with Crippen LogP contribution in [0, 0.1) is 0 Å². The minimum Gasteiger partial charge on any atom is -0.463 e. The molecule has 33 heavy (non-hydrogen) atoms. The van der Waals surface area contributed by atoms with Gasteiger partial charge in [-0.05, 0) is 40.8 Å². The zero-order chi connectivity index (χ0) is 23.2. The van der Waals surface area contributed by atoms with E-state index in [9.17, 15) is 14.4 Å². The van der Waals surface area contributed by atoms with Crippen LogP contribution in [0.2, 0.25) is 0 Å². The summed E-state index contributed by atoms with van der Waals surface area (Å²) >= 11 is 2.71. The van der Waals surface area contributed by atoms with Crippen LogP contribution in [-0.2, 0) is 27.4 Å². The molecule has 0 aliphatic heterocycles. The molecule has 1 N–H and O–H groups in total. The monoisotopic (exact) mass is 478 g/mol. The molecule has 0 fully saturated rings. The van der Waals surface area contributed by atoms with Gasteiger partial charge in [-0.1, -0.05) is 48.5 Å². The third-order valence-electron chi connectivity index (χ3n) is 4.92. The van der Waals surface area contributed by atoms with E-state index in [1.807, 2.05) is 60.0 Å². The molecule has 0 atom stereocenters. The molecule has 168 valence electrons. The number of esters is 1. The Morgan fingerprint density at radius 3 is 2.70 bits per heavy atom. The number of nitrogens with one attached hydrogen (secondary N) is 1. The van der Waals surface area contributed by atoms with E-state index in [0.717, 1.165) is 32.5 Å². The number of ether oxygens (including phenoxy) is 1. The lowest BCUT2D eigenvalue weighted by atomic mass is 10.0. The second-order valence-corrected chi connectivity index (χ2v) is 9.26. The molecular formula is C25H22N2O4S2. The second-order valence-electron chi connectivity index (χ2n) is 7.16. The van der Waals surface area contributed by atoms with Crippen LogP contribution in [0.3, 0.4) is 0 Å². The van der Waals surface area contributed by atoms with Crippen LogP contribution in [0.4, 0.5) is 0 Å². The SMILES string of the molecule is CCOC(=O)C=c1sc(=Cc2cccc3ccccc23)c(=O)n1CC(=O)NCc1cccs1. The van der Waals surface area contributed by atoms with Crippen LogP contribution in [0.25, 0.3) is 22.9 Å². The van der Waals surface area contributed by atoms with E-state index in [1.54, 1.807) is 24.3 Å². The summed E-state index contributed by atoms with van der Waals surface area (Å²) in [7, 11) is 0. The minimum absolute atomic E-state index is 0.185. The molecule has 0 saturated carbocycles. The summed E-state index contributed by atoms with van der Waals surface area (Å²) < 4.78 is 7.15. The van der Waals surface area contributed by atoms with Crippen molar-refractivity contribution in [1.82, 2.24) is 9.88 Å². The molecule has 2 aromatic carbocycles. The predicted molar refractivity (Wildman–Crippen MR) is 133 cm³/mol. The van der Waals surface area contributed by atoms with Crippen LogP contribution in [0.1, 0.15) is 17.4 Å². The Kier molecular flexibility index (Phi) is 7.16. The smallest absolute Gasteiger partial charge is 0.333 e. The summed E-state index contributed by atoms with van der Waals surface area (Å²) in [5, 5.41) is 6.84. The third kappa shape index (κ3) is 5.47. The maximum atomic E-state index is 13.2. The summed E-state index contributed by atoms with van der Waals surface area (Å²) in [5.74, 6) is -0.860. The number of thiazole rings is 1. The Hall–Kier alpha value is -3.49. The van der Waals surface area contributed by atoms with Gasteiger partial charge in [-0.25, -0.2) is 4.79 Å². The van der Waals surface area contributed by atoms with Gasteiger partial charge in [0.05, 0.1) is 23.8 Å². The molecule has 6 nitrogen and oxygen atoms in total. The van der Waals surface area contributed by atoms with Crippen molar-refractivity contribution in [3.05, 3.63) is 90.0 Å². The summed E-state index contributed by atoms with van der Waals surface area (Å²) in [6.07, 6.45) is 3.07. The molecule has 0 bridgehead atoms. The summed E-state index contributed by atoms with van der Waals surface area (Å²) in [4.78, 5) is 38.9. The van der Waals surface area contributed by atoms with Crippen molar-refractivity contribution >= 4 is 57.5 Å². The molecule has 0 aliphatic rings. The Morgan fingerprint density at radius 2 is 1.91 bits per heavy atom. The fourth-order valence-corrected chi connectivity index (χ4v) is 5.06. The van der Waals surface area contributed by atoms with Crippen molar-refractivity contribution in [3.63, 3.8) is 0 Å². The number of thiophene rings is 1. The highest BCUT2D eigenvalue weighted by molar-refractivity contribution is 7.09. The van der Waals surface area contributed by atoms with E-state index in [4.69, 9.17) is 4.74 Å². The molecule has 0 spiro atoms. The fraction of sp³-hybridized carbons (Fsp3) is 0.160. The lowest BCUT2D eigenvalue weighted by Gasteiger charge is -2.04. The maximum Gasteiger partial charge on any atom is 0.333 e. The lowest BCUT2D eigenvalue weighted by molar-refractivity contribution is -0.135. The second kappa shape index (κ2) is 10.4. The van der Waals surface area contributed by atoms with E-state index in [1.165, 1.54) is 10.6 Å². The first-order valence-electron chi connectivity index (χ1n) is 10.4. The number of hydrogen-bond donors (Lipinski definition) is 1. The molecule has 4 rings (SSSR count). The van der Waals surface area contributed by atoms with E-state index in [0.29, 0.717) is 15.7 Å². The van der Waals surface area contributed by atoms with Crippen LogP contribution < -0.4 is 20.1 Å². The molecule has 1 amide bonds. The van der Waals surface area contributed by atoms with Crippen molar-refractivity contribution in [2.45, 2.75) is 20.0 Å². The number of fused-ring (bicyclic) bond motifs is 1. The Labute approximate surface area is 198 Å². The van der Waals surface area contributed by atoms with Crippen LogP contribution >= 0.6 is 22.7 Å². The van der Waals surface area contributed by atoms with Gasteiger partial charge in [-0.3, -0.25) is 14.2 Å². The first kappa shape index (κ1) is 22.7. The number of nitrogens with zero attached hydrogens (tertiary/aromatic N) is 1. The Morgan fingerprint density at radius 1 is 1.09 bits per heavy atom. The van der Waals surface area contributed by atoms with Gasteiger partial charge in [0.1, 0.15) is 11.2 Å². The molecular weight excluding hydrogens is 456 g/mol. The zero-order valence-corrected chi connectivity index (χ0v) is 19.6. The topological polar surface area (TPSA) is 77.4 Å². The maximum absolute atomic E-state index is 13.2. The molecule has 0 aliphatic carbocycles. The van der Waals surface area contributed by atoms with Gasteiger partial charge in [0.2, 0.25) is 5.91 Å². The summed E-state index contributed by atoms with van der Waals surface area (Å²) in [6.45, 7) is 2.14. The van der Waals surface area contributed by atoms with E-state index in [2.05, 4.69) is 5.32 Å². The molecule has 0 radical (unpaired) electrons. The number of hydrogen-bond acceptors (Lipinski definition) is 6. The van der Waals surface area contributed by atoms with Crippen molar-refractivity contribution < 1.29 is 14.3 Å². The normalized spacial score (nSPS) is 12.3. The van der Waals surface area contributed by atoms with Gasteiger partial charge >= 0.3 is 5.97 Å². The Balaban J connectivity index is 1.73. The average molecular weight is 479 g/mol. The number of aromatic nitrogens is 1. The fourth-order valence-electron chi connectivity index (χ4n) is 3.39. The van der Waals surface area contributed by atoms with Crippen molar-refractivity contribution in [1.29, 1.82) is 0 Å². The highest BCUT2D eigenvalue weighted by atomic mass is 32.1. The largest absolute Gasteiger partial charge is 0.463 e. The standard InChI is InChI=1S/C25H22N2O4S2/c1-2-31-24(29)14-23-27(16-22(28)26-15-19-10-6-12-32-19)25(30)21(33-23)13-18-9-5-8-17-7-3-4-11-20(17)18/h3-14H,2,15-16H2,1H3,(H,26,28). The molecule has 4 aromatic rings. The predicted octanol–water partition coefficient (Wildman–Crippen LogP) is 2.61. The van der Waals surface area contributed by atoms with Gasteiger partial charge in [-0.2, -0.15) is 0 Å². The zero-order valence-electron chi connectivity index (χ0n) is 17.9. The minimum atomic E-state index is -0.553. The summed E-state index contributed by atoms with van der Waals surface area (Å²) in [6, 6.07) is 17.6. The molecule has 0 unspecified atom stereocenters. The van der Waals surface area contributed by atoms with Crippen LogP contribution in [0.5, 0.6) is 0 Å². The number of amides is 1. The Bertz CT molecular complexity index is 1460.